The van der Waals surface area contributed by atoms with Gasteiger partial charge in [-0.05, 0) is 55.2 Å². The molecule has 1 amide bonds. The van der Waals surface area contributed by atoms with Crippen molar-refractivity contribution >= 4 is 39.2 Å². The number of rotatable bonds is 6. The van der Waals surface area contributed by atoms with Crippen LogP contribution in [0.1, 0.15) is 46.3 Å². The second kappa shape index (κ2) is 10.0. The lowest BCUT2D eigenvalue weighted by atomic mass is 9.76. The van der Waals surface area contributed by atoms with E-state index < -0.39 is 56.2 Å². The van der Waals surface area contributed by atoms with Gasteiger partial charge in [-0.1, -0.05) is 29.3 Å². The van der Waals surface area contributed by atoms with Crippen LogP contribution >= 0.6 is 23.2 Å². The van der Waals surface area contributed by atoms with E-state index in [1.165, 1.54) is 12.1 Å². The van der Waals surface area contributed by atoms with E-state index in [0.29, 0.717) is 17.7 Å². The van der Waals surface area contributed by atoms with Crippen molar-refractivity contribution in [1.29, 1.82) is 0 Å². The summed E-state index contributed by atoms with van der Waals surface area (Å²) in [4.78, 5) is 14.2. The molecule has 1 saturated heterocycles. The van der Waals surface area contributed by atoms with Gasteiger partial charge < -0.3 is 4.90 Å². The Labute approximate surface area is 212 Å². The summed E-state index contributed by atoms with van der Waals surface area (Å²) in [6.07, 6.45) is -9.90. The molecule has 0 saturated carbocycles. The van der Waals surface area contributed by atoms with Gasteiger partial charge in [0.05, 0.1) is 26.9 Å². The number of amides is 1. The molecule has 1 heterocycles. The van der Waals surface area contributed by atoms with Crippen LogP contribution in [0.25, 0.3) is 0 Å². The van der Waals surface area contributed by atoms with Crippen molar-refractivity contribution < 1.29 is 44.1 Å². The lowest BCUT2D eigenvalue weighted by Crippen LogP contribution is -2.35. The van der Waals surface area contributed by atoms with Crippen LogP contribution in [0.5, 0.6) is 0 Å². The van der Waals surface area contributed by atoms with Gasteiger partial charge >= 0.3 is 12.4 Å². The first-order valence-corrected chi connectivity index (χ1v) is 12.8. The number of benzene rings is 2. The summed E-state index contributed by atoms with van der Waals surface area (Å²) in [6.45, 7) is -0.157. The fourth-order valence-corrected chi connectivity index (χ4v) is 5.12. The van der Waals surface area contributed by atoms with Gasteiger partial charge in [0.25, 0.3) is 16.0 Å². The number of hydrogen-bond acceptors (Lipinski definition) is 3. The fraction of sp³-hybridized carbons (Fsp3) is 0.409. The zero-order valence-electron chi connectivity index (χ0n) is 18.3. The average molecular weight is 578 g/mol. The van der Waals surface area contributed by atoms with Gasteiger partial charge in [-0.15, -0.1) is 0 Å². The highest BCUT2D eigenvalue weighted by atomic mass is 35.5. The minimum absolute atomic E-state index is 0.0249. The minimum Gasteiger partial charge on any atom is -0.338 e. The van der Waals surface area contributed by atoms with Crippen molar-refractivity contribution in [3.8, 4) is 0 Å². The molecular weight excluding hydrogens is 559 g/mol. The summed E-state index contributed by atoms with van der Waals surface area (Å²) in [5, 5.41) is 0.392. The highest BCUT2D eigenvalue weighted by Crippen LogP contribution is 2.42. The monoisotopic (exact) mass is 577 g/mol. The molecule has 0 spiro atoms. The van der Waals surface area contributed by atoms with Crippen molar-refractivity contribution in [1.82, 2.24) is 4.90 Å². The van der Waals surface area contributed by atoms with Crippen LogP contribution in [0.15, 0.2) is 36.4 Å². The maximum absolute atomic E-state index is 13.2. The maximum atomic E-state index is 13.2. The highest BCUT2D eigenvalue weighted by molar-refractivity contribution is 7.85. The number of likely N-dealkylation sites (tertiary alicyclic amines) is 1. The van der Waals surface area contributed by atoms with E-state index in [-0.39, 0.29) is 48.5 Å². The third-order valence-corrected chi connectivity index (χ3v) is 7.61. The van der Waals surface area contributed by atoms with E-state index in [1.807, 2.05) is 0 Å². The Bertz CT molecular complexity index is 1230. The summed E-state index contributed by atoms with van der Waals surface area (Å²) in [5.41, 5.74) is -4.36. The van der Waals surface area contributed by atoms with Crippen LogP contribution < -0.4 is 0 Å². The average Bonchev–Trinajstić information content (AvgIpc) is 3.18. The van der Waals surface area contributed by atoms with Crippen LogP contribution in [-0.4, -0.2) is 42.6 Å². The Morgan fingerprint density at radius 1 is 0.972 bits per heavy atom. The van der Waals surface area contributed by atoms with E-state index in [1.54, 1.807) is 6.07 Å². The molecule has 1 aliphatic heterocycles. The van der Waals surface area contributed by atoms with Gasteiger partial charge in [-0.2, -0.15) is 34.8 Å². The maximum Gasteiger partial charge on any atom is 0.416 e. The number of nitrogens with zero attached hydrogens (tertiary/aromatic N) is 1. The topological polar surface area (TPSA) is 74.7 Å². The zero-order chi connectivity index (χ0) is 27.1. The number of carbonyl (C=O) groups is 1. The Morgan fingerprint density at radius 3 is 2.06 bits per heavy atom. The van der Waals surface area contributed by atoms with Gasteiger partial charge in [0.1, 0.15) is 0 Å². The van der Waals surface area contributed by atoms with E-state index in [4.69, 9.17) is 27.8 Å². The quantitative estimate of drug-likeness (QED) is 0.315. The van der Waals surface area contributed by atoms with Crippen molar-refractivity contribution in [3.63, 3.8) is 0 Å². The van der Waals surface area contributed by atoms with Crippen LogP contribution in [0.2, 0.25) is 10.0 Å². The molecule has 1 unspecified atom stereocenters. The molecule has 36 heavy (non-hydrogen) atoms. The summed E-state index contributed by atoms with van der Waals surface area (Å²) < 4.78 is 111. The Balaban J connectivity index is 1.97. The lowest BCUT2D eigenvalue weighted by Gasteiger charge is -2.30. The standard InChI is InChI=1S/C22H19Cl2F6NO4S/c23-17-3-2-14(11-18(17)24)20(4-1-7-36(33,34)35)5-6-31(12-20)19(32)13-8-15(21(25,26)27)10-16(9-13)22(28,29)30/h2-3,8-11H,1,4-7,12H2,(H,33,34,35). The molecule has 0 bridgehead atoms. The molecule has 2 aromatic carbocycles. The molecular formula is C22H19Cl2F6NO4S. The summed E-state index contributed by atoms with van der Waals surface area (Å²) in [5.74, 6) is -1.62. The Kier molecular flexibility index (Phi) is 7.96. The molecule has 2 aromatic rings. The molecule has 0 aliphatic carbocycles. The first-order chi connectivity index (χ1) is 16.4. The summed E-state index contributed by atoms with van der Waals surface area (Å²) in [7, 11) is -4.29. The molecule has 1 N–H and O–H groups in total. The normalized spacial score (nSPS) is 19.1. The van der Waals surface area contributed by atoms with Gasteiger partial charge in [0.15, 0.2) is 0 Å². The number of halogens is 8. The van der Waals surface area contributed by atoms with Gasteiger partial charge in [-0.3, -0.25) is 9.35 Å². The molecule has 3 rings (SSSR count). The third kappa shape index (κ3) is 6.64. The second-order valence-corrected chi connectivity index (χ2v) is 11.0. The predicted molar refractivity (Wildman–Crippen MR) is 121 cm³/mol. The molecule has 5 nitrogen and oxygen atoms in total. The van der Waals surface area contributed by atoms with Gasteiger partial charge in [0, 0.05) is 24.1 Å². The van der Waals surface area contributed by atoms with E-state index in [0.717, 1.165) is 4.90 Å². The molecule has 0 aromatic heterocycles. The summed E-state index contributed by atoms with van der Waals surface area (Å²) in [6, 6.07) is 5.27. The second-order valence-electron chi connectivity index (χ2n) is 8.57. The number of alkyl halides is 6. The van der Waals surface area contributed by atoms with Crippen LogP contribution in [0.4, 0.5) is 26.3 Å². The number of hydrogen-bond donors (Lipinski definition) is 1. The Hall–Kier alpha value is -2.02. The molecule has 1 aliphatic rings. The zero-order valence-corrected chi connectivity index (χ0v) is 20.6. The minimum atomic E-state index is -5.11. The fourth-order valence-electron chi connectivity index (χ4n) is 4.31. The van der Waals surface area contributed by atoms with Crippen molar-refractivity contribution in [2.45, 2.75) is 37.0 Å². The first-order valence-electron chi connectivity index (χ1n) is 10.4. The lowest BCUT2D eigenvalue weighted by molar-refractivity contribution is -0.143. The van der Waals surface area contributed by atoms with Crippen molar-refractivity contribution in [2.24, 2.45) is 0 Å². The van der Waals surface area contributed by atoms with Gasteiger partial charge in [-0.25, -0.2) is 0 Å². The van der Waals surface area contributed by atoms with Crippen molar-refractivity contribution in [3.05, 3.63) is 68.7 Å². The largest absolute Gasteiger partial charge is 0.416 e. The van der Waals surface area contributed by atoms with E-state index in [2.05, 4.69) is 0 Å². The molecule has 0 radical (unpaired) electrons. The SMILES string of the molecule is O=C(c1cc(C(F)(F)F)cc(C(F)(F)F)c1)N1CCC(CCCS(=O)(=O)O)(c2ccc(Cl)c(Cl)c2)C1. The van der Waals surface area contributed by atoms with Crippen molar-refractivity contribution in [2.75, 3.05) is 18.8 Å². The van der Waals surface area contributed by atoms with Crippen LogP contribution in [-0.2, 0) is 27.9 Å². The molecule has 198 valence electrons. The molecule has 1 atom stereocenters. The smallest absolute Gasteiger partial charge is 0.338 e. The van der Waals surface area contributed by atoms with Gasteiger partial charge in [0.2, 0.25) is 0 Å². The summed E-state index contributed by atoms with van der Waals surface area (Å²) >= 11 is 12.1. The first kappa shape index (κ1) is 28.5. The third-order valence-electron chi connectivity index (χ3n) is 6.07. The van der Waals surface area contributed by atoms with Crippen LogP contribution in [0.3, 0.4) is 0 Å². The Morgan fingerprint density at radius 2 is 1.56 bits per heavy atom. The van der Waals surface area contributed by atoms with Crippen LogP contribution in [0, 0.1) is 0 Å². The highest BCUT2D eigenvalue weighted by Gasteiger charge is 2.43. The number of carbonyl (C=O) groups excluding carboxylic acids is 1. The predicted octanol–water partition coefficient (Wildman–Crippen LogP) is 6.48. The molecule has 14 heteroatoms. The van der Waals surface area contributed by atoms with E-state index in [9.17, 15) is 39.6 Å². The molecule has 1 fully saturated rings. The van der Waals surface area contributed by atoms with E-state index >= 15 is 0 Å².